The van der Waals surface area contributed by atoms with Crippen molar-refractivity contribution in [3.8, 4) is 0 Å². The molecule has 0 aromatic heterocycles. The highest BCUT2D eigenvalue weighted by atomic mass is 32.2. The number of thioether (sulfide) groups is 1. The van der Waals surface area contributed by atoms with Gasteiger partial charge in [-0.2, -0.15) is 11.8 Å². The predicted octanol–water partition coefficient (Wildman–Crippen LogP) is 1.23. The zero-order chi connectivity index (χ0) is 8.91. The molecule has 68 valence electrons. The molecule has 0 aliphatic carbocycles. The Morgan fingerprint density at radius 2 is 2.18 bits per heavy atom. The van der Waals surface area contributed by atoms with Gasteiger partial charge >= 0.3 is 0 Å². The topological polar surface area (TPSA) is 46.2 Å². The van der Waals surface area contributed by atoms with Crippen LogP contribution in [0.15, 0.2) is 0 Å². The summed E-state index contributed by atoms with van der Waals surface area (Å²) in [5.41, 5.74) is 5.38. The van der Waals surface area contributed by atoms with Gasteiger partial charge in [-0.15, -0.1) is 0 Å². The first-order valence-electron chi connectivity index (χ1n) is 4.03. The van der Waals surface area contributed by atoms with Crippen molar-refractivity contribution in [2.24, 2.45) is 5.73 Å². The molecule has 0 aromatic rings. The molecule has 0 spiro atoms. The highest BCUT2D eigenvalue weighted by Gasteiger charge is 2.20. The Bertz CT molecular complexity index is 106. The highest BCUT2D eigenvalue weighted by Crippen LogP contribution is 2.19. The number of aliphatic hydroxyl groups excluding tert-OH is 1. The lowest BCUT2D eigenvalue weighted by Gasteiger charge is -2.24. The molecule has 0 aliphatic rings. The van der Waals surface area contributed by atoms with Crippen LogP contribution in [0.4, 0.5) is 0 Å². The minimum absolute atomic E-state index is 0.0710. The van der Waals surface area contributed by atoms with Crippen LogP contribution in [0.5, 0.6) is 0 Å². The van der Waals surface area contributed by atoms with E-state index in [1.54, 1.807) is 0 Å². The van der Waals surface area contributed by atoms with Gasteiger partial charge in [-0.3, -0.25) is 0 Å². The SMILES string of the molecule is CCSC(C)CC(C)(N)CO. The van der Waals surface area contributed by atoms with Crippen molar-refractivity contribution in [1.82, 2.24) is 0 Å². The van der Waals surface area contributed by atoms with Crippen molar-refractivity contribution in [2.45, 2.75) is 38.0 Å². The first kappa shape index (κ1) is 11.3. The molecule has 0 aromatic carbocycles. The lowest BCUT2D eigenvalue weighted by atomic mass is 9.99. The molecule has 2 unspecified atom stereocenters. The van der Waals surface area contributed by atoms with Gasteiger partial charge in [0.25, 0.3) is 0 Å². The second-order valence-corrected chi connectivity index (χ2v) is 5.00. The van der Waals surface area contributed by atoms with E-state index < -0.39 is 5.54 Å². The maximum atomic E-state index is 8.88. The van der Waals surface area contributed by atoms with Crippen molar-refractivity contribution in [3.63, 3.8) is 0 Å². The minimum Gasteiger partial charge on any atom is -0.394 e. The molecule has 0 fully saturated rings. The fourth-order valence-electron chi connectivity index (χ4n) is 1.06. The van der Waals surface area contributed by atoms with E-state index >= 15 is 0 Å². The van der Waals surface area contributed by atoms with Gasteiger partial charge in [0.05, 0.1) is 6.61 Å². The first-order chi connectivity index (χ1) is 5.02. The highest BCUT2D eigenvalue weighted by molar-refractivity contribution is 7.99. The van der Waals surface area contributed by atoms with Crippen molar-refractivity contribution < 1.29 is 5.11 Å². The second kappa shape index (κ2) is 5.01. The first-order valence-corrected chi connectivity index (χ1v) is 5.08. The van der Waals surface area contributed by atoms with E-state index in [1.807, 2.05) is 18.7 Å². The van der Waals surface area contributed by atoms with Crippen molar-refractivity contribution >= 4 is 11.8 Å². The third-order valence-electron chi connectivity index (χ3n) is 1.57. The molecule has 2 nitrogen and oxygen atoms in total. The van der Waals surface area contributed by atoms with Gasteiger partial charge < -0.3 is 10.8 Å². The van der Waals surface area contributed by atoms with Gasteiger partial charge in [0.15, 0.2) is 0 Å². The zero-order valence-electron chi connectivity index (χ0n) is 7.63. The Labute approximate surface area is 73.6 Å². The van der Waals surface area contributed by atoms with Crippen molar-refractivity contribution in [3.05, 3.63) is 0 Å². The van der Waals surface area contributed by atoms with Crippen molar-refractivity contribution in [2.75, 3.05) is 12.4 Å². The van der Waals surface area contributed by atoms with Crippen LogP contribution < -0.4 is 5.73 Å². The molecule has 0 saturated heterocycles. The van der Waals surface area contributed by atoms with Gasteiger partial charge in [-0.1, -0.05) is 13.8 Å². The van der Waals surface area contributed by atoms with Crippen molar-refractivity contribution in [1.29, 1.82) is 0 Å². The molecule has 0 rings (SSSR count). The fraction of sp³-hybridized carbons (Fsp3) is 1.00. The van der Waals surface area contributed by atoms with Gasteiger partial charge in [0.1, 0.15) is 0 Å². The molecule has 11 heavy (non-hydrogen) atoms. The van der Waals surface area contributed by atoms with Gasteiger partial charge in [-0.25, -0.2) is 0 Å². The molecule has 3 N–H and O–H groups in total. The normalized spacial score (nSPS) is 19.4. The third kappa shape index (κ3) is 5.53. The summed E-state index contributed by atoms with van der Waals surface area (Å²) >= 11 is 1.88. The van der Waals surface area contributed by atoms with Crippen LogP contribution >= 0.6 is 11.8 Å². The fourth-order valence-corrected chi connectivity index (χ4v) is 2.13. The monoisotopic (exact) mass is 177 g/mol. The number of hydrogen-bond acceptors (Lipinski definition) is 3. The molecule has 3 heteroatoms. The van der Waals surface area contributed by atoms with Crippen LogP contribution in [0.3, 0.4) is 0 Å². The average Bonchev–Trinajstić information content (AvgIpc) is 1.87. The van der Waals surface area contributed by atoms with E-state index in [4.69, 9.17) is 10.8 Å². The Balaban J connectivity index is 3.64. The lowest BCUT2D eigenvalue weighted by molar-refractivity contribution is 0.201. The predicted molar refractivity (Wildman–Crippen MR) is 51.9 cm³/mol. The summed E-state index contributed by atoms with van der Waals surface area (Å²) in [6.07, 6.45) is 0.877. The van der Waals surface area contributed by atoms with Crippen LogP contribution in [0.25, 0.3) is 0 Å². The molecular weight excluding hydrogens is 158 g/mol. The summed E-state index contributed by atoms with van der Waals surface area (Å²) < 4.78 is 0. The van der Waals surface area contributed by atoms with E-state index in [1.165, 1.54) is 0 Å². The zero-order valence-corrected chi connectivity index (χ0v) is 8.45. The quantitative estimate of drug-likeness (QED) is 0.664. The minimum atomic E-state index is -0.401. The molecule has 0 heterocycles. The largest absolute Gasteiger partial charge is 0.394 e. The Morgan fingerprint density at radius 1 is 1.64 bits per heavy atom. The van der Waals surface area contributed by atoms with Crippen LogP contribution in [0.2, 0.25) is 0 Å². The summed E-state index contributed by atoms with van der Waals surface area (Å²) in [6.45, 7) is 6.24. The van der Waals surface area contributed by atoms with E-state index in [0.29, 0.717) is 5.25 Å². The molecule has 2 atom stereocenters. The van der Waals surface area contributed by atoms with E-state index in [2.05, 4.69) is 13.8 Å². The van der Waals surface area contributed by atoms with Crippen LogP contribution in [-0.2, 0) is 0 Å². The third-order valence-corrected chi connectivity index (χ3v) is 2.64. The Kier molecular flexibility index (Phi) is 5.13. The van der Waals surface area contributed by atoms with Gasteiger partial charge in [0.2, 0.25) is 0 Å². The number of hydrogen-bond donors (Lipinski definition) is 2. The maximum absolute atomic E-state index is 8.88. The molecular formula is C8H19NOS. The molecule has 0 aliphatic heterocycles. The molecule has 0 saturated carbocycles. The average molecular weight is 177 g/mol. The summed E-state index contributed by atoms with van der Waals surface area (Å²) in [6, 6.07) is 0. The number of aliphatic hydroxyl groups is 1. The summed E-state index contributed by atoms with van der Waals surface area (Å²) in [5.74, 6) is 1.11. The summed E-state index contributed by atoms with van der Waals surface area (Å²) in [5, 5.41) is 9.42. The lowest BCUT2D eigenvalue weighted by Crippen LogP contribution is -2.42. The maximum Gasteiger partial charge on any atom is 0.0608 e. The molecule has 0 radical (unpaired) electrons. The van der Waals surface area contributed by atoms with Crippen LogP contribution in [-0.4, -0.2) is 28.3 Å². The van der Waals surface area contributed by atoms with Crippen LogP contribution in [0.1, 0.15) is 27.2 Å². The Hall–Kier alpha value is 0.270. The van der Waals surface area contributed by atoms with E-state index in [0.717, 1.165) is 12.2 Å². The molecule has 0 bridgehead atoms. The standard InChI is InChI=1S/C8H19NOS/c1-4-11-7(2)5-8(3,9)6-10/h7,10H,4-6,9H2,1-3H3. The smallest absolute Gasteiger partial charge is 0.0608 e. The molecule has 0 amide bonds. The van der Waals surface area contributed by atoms with Gasteiger partial charge in [-0.05, 0) is 19.1 Å². The Morgan fingerprint density at radius 3 is 2.55 bits per heavy atom. The summed E-state index contributed by atoms with van der Waals surface area (Å²) in [4.78, 5) is 0. The van der Waals surface area contributed by atoms with Gasteiger partial charge in [0, 0.05) is 10.8 Å². The number of rotatable bonds is 5. The van der Waals surface area contributed by atoms with E-state index in [-0.39, 0.29) is 6.61 Å². The summed E-state index contributed by atoms with van der Waals surface area (Å²) in [7, 11) is 0. The number of nitrogens with two attached hydrogens (primary N) is 1. The van der Waals surface area contributed by atoms with Crippen LogP contribution in [0, 0.1) is 0 Å². The second-order valence-electron chi connectivity index (χ2n) is 3.28. The van der Waals surface area contributed by atoms with E-state index in [9.17, 15) is 0 Å².